The zero-order valence-corrected chi connectivity index (χ0v) is 9.85. The van der Waals surface area contributed by atoms with Gasteiger partial charge in [0.25, 0.3) is 0 Å². The Hall–Kier alpha value is 0.210. The van der Waals surface area contributed by atoms with Gasteiger partial charge >= 0.3 is 0 Å². The van der Waals surface area contributed by atoms with Crippen LogP contribution in [0.4, 0.5) is 0 Å². The molecule has 0 heterocycles. The van der Waals surface area contributed by atoms with Crippen LogP contribution in [0.3, 0.4) is 0 Å². The minimum Gasteiger partial charge on any atom is -0.380 e. The second-order valence-corrected chi connectivity index (χ2v) is 4.71. The van der Waals surface area contributed by atoms with Crippen molar-refractivity contribution in [3.05, 3.63) is 0 Å². The molecular formula is C11H22ClNO. The molecule has 0 aromatic rings. The minimum absolute atomic E-state index is 0.429. The minimum atomic E-state index is 0.429. The van der Waals surface area contributed by atoms with Gasteiger partial charge in [0, 0.05) is 18.5 Å². The molecule has 14 heavy (non-hydrogen) atoms. The molecule has 0 bridgehead atoms. The molecule has 1 fully saturated rings. The van der Waals surface area contributed by atoms with Crippen molar-refractivity contribution in [3.63, 3.8) is 0 Å². The first-order chi connectivity index (χ1) is 6.83. The molecule has 0 aromatic carbocycles. The number of ether oxygens (including phenoxy) is 1. The van der Waals surface area contributed by atoms with Crippen LogP contribution in [0, 0.1) is 5.92 Å². The highest BCUT2D eigenvalue weighted by Crippen LogP contribution is 2.28. The summed E-state index contributed by atoms with van der Waals surface area (Å²) in [7, 11) is 0. The third kappa shape index (κ3) is 5.18. The predicted octanol–water partition coefficient (Wildman–Crippen LogP) is 2.41. The van der Waals surface area contributed by atoms with Gasteiger partial charge in [-0.1, -0.05) is 6.92 Å². The Morgan fingerprint density at radius 1 is 1.36 bits per heavy atom. The van der Waals surface area contributed by atoms with E-state index in [0.29, 0.717) is 5.38 Å². The summed E-state index contributed by atoms with van der Waals surface area (Å²) >= 11 is 6.04. The van der Waals surface area contributed by atoms with Crippen molar-refractivity contribution in [1.82, 2.24) is 5.32 Å². The summed E-state index contributed by atoms with van der Waals surface area (Å²) in [5.41, 5.74) is 0. The van der Waals surface area contributed by atoms with E-state index in [4.69, 9.17) is 16.3 Å². The van der Waals surface area contributed by atoms with E-state index in [9.17, 15) is 0 Å². The molecule has 2 nitrogen and oxygen atoms in total. The van der Waals surface area contributed by atoms with Gasteiger partial charge in [-0.2, -0.15) is 0 Å². The van der Waals surface area contributed by atoms with E-state index < -0.39 is 0 Å². The first-order valence-electron chi connectivity index (χ1n) is 5.75. The molecule has 2 atom stereocenters. The lowest BCUT2D eigenvalue weighted by Crippen LogP contribution is -2.25. The van der Waals surface area contributed by atoms with E-state index in [1.807, 2.05) is 0 Å². The van der Waals surface area contributed by atoms with Gasteiger partial charge in [0.05, 0.1) is 6.61 Å². The molecule has 84 valence electrons. The number of halogens is 1. The molecule has 0 spiro atoms. The van der Waals surface area contributed by atoms with Crippen molar-refractivity contribution in [1.29, 1.82) is 0 Å². The molecule has 0 aromatic heterocycles. The van der Waals surface area contributed by atoms with E-state index in [1.165, 1.54) is 19.3 Å². The van der Waals surface area contributed by atoms with Crippen LogP contribution in [0.25, 0.3) is 0 Å². The molecule has 2 unspecified atom stereocenters. The summed E-state index contributed by atoms with van der Waals surface area (Å²) in [4.78, 5) is 0. The Labute approximate surface area is 92.3 Å². The lowest BCUT2D eigenvalue weighted by atomic mass is 10.1. The Kier molecular flexibility index (Phi) is 6.57. The van der Waals surface area contributed by atoms with Gasteiger partial charge in [0.2, 0.25) is 0 Å². The Morgan fingerprint density at radius 2 is 2.21 bits per heavy atom. The van der Waals surface area contributed by atoms with Crippen LogP contribution in [-0.2, 0) is 4.74 Å². The monoisotopic (exact) mass is 219 g/mol. The fraction of sp³-hybridized carbons (Fsp3) is 1.00. The molecule has 1 rings (SSSR count). The van der Waals surface area contributed by atoms with Crippen LogP contribution in [0.5, 0.6) is 0 Å². The molecule has 0 radical (unpaired) electrons. The summed E-state index contributed by atoms with van der Waals surface area (Å²) < 4.78 is 5.38. The highest BCUT2D eigenvalue weighted by atomic mass is 35.5. The standard InChI is InChI=1S/C11H22ClNO/c1-2-6-14-7-5-13-9-10-3-4-11(12)8-10/h10-11,13H,2-9H2,1H3. The molecule has 0 amide bonds. The SMILES string of the molecule is CCCOCCNCC1CCC(Cl)C1. The van der Waals surface area contributed by atoms with Crippen molar-refractivity contribution >= 4 is 11.6 Å². The Balaban J connectivity index is 1.84. The van der Waals surface area contributed by atoms with Crippen LogP contribution in [0.15, 0.2) is 0 Å². The van der Waals surface area contributed by atoms with Crippen molar-refractivity contribution in [2.75, 3.05) is 26.3 Å². The van der Waals surface area contributed by atoms with Crippen LogP contribution in [0.1, 0.15) is 32.6 Å². The lowest BCUT2D eigenvalue weighted by molar-refractivity contribution is 0.136. The summed E-state index contributed by atoms with van der Waals surface area (Å²) in [6, 6.07) is 0. The molecule has 1 saturated carbocycles. The van der Waals surface area contributed by atoms with Crippen LogP contribution in [0.2, 0.25) is 0 Å². The summed E-state index contributed by atoms with van der Waals surface area (Å²) in [5, 5.41) is 3.85. The summed E-state index contributed by atoms with van der Waals surface area (Å²) in [6.45, 7) is 5.94. The fourth-order valence-corrected chi connectivity index (χ4v) is 2.27. The zero-order chi connectivity index (χ0) is 10.2. The average Bonchev–Trinajstić information content (AvgIpc) is 2.58. The lowest BCUT2D eigenvalue weighted by Gasteiger charge is -2.10. The third-order valence-electron chi connectivity index (χ3n) is 2.68. The first-order valence-corrected chi connectivity index (χ1v) is 6.19. The number of alkyl halides is 1. The fourth-order valence-electron chi connectivity index (χ4n) is 1.90. The Bertz CT molecular complexity index is 143. The molecular weight excluding hydrogens is 198 g/mol. The van der Waals surface area contributed by atoms with Gasteiger partial charge in [-0.3, -0.25) is 0 Å². The van der Waals surface area contributed by atoms with E-state index in [-0.39, 0.29) is 0 Å². The van der Waals surface area contributed by atoms with Crippen LogP contribution in [-0.4, -0.2) is 31.7 Å². The van der Waals surface area contributed by atoms with E-state index in [1.54, 1.807) is 0 Å². The molecule has 0 saturated heterocycles. The van der Waals surface area contributed by atoms with Crippen molar-refractivity contribution < 1.29 is 4.74 Å². The van der Waals surface area contributed by atoms with Gasteiger partial charge < -0.3 is 10.1 Å². The topological polar surface area (TPSA) is 21.3 Å². The van der Waals surface area contributed by atoms with E-state index in [0.717, 1.165) is 38.6 Å². The number of rotatable bonds is 7. The largest absolute Gasteiger partial charge is 0.380 e. The molecule has 3 heteroatoms. The smallest absolute Gasteiger partial charge is 0.0590 e. The summed E-state index contributed by atoms with van der Waals surface area (Å²) in [5.74, 6) is 0.795. The van der Waals surface area contributed by atoms with E-state index in [2.05, 4.69) is 12.2 Å². The quantitative estimate of drug-likeness (QED) is 0.525. The van der Waals surface area contributed by atoms with Crippen molar-refractivity contribution in [3.8, 4) is 0 Å². The average molecular weight is 220 g/mol. The van der Waals surface area contributed by atoms with Gasteiger partial charge in [-0.25, -0.2) is 0 Å². The van der Waals surface area contributed by atoms with Gasteiger partial charge in [0.1, 0.15) is 0 Å². The highest BCUT2D eigenvalue weighted by Gasteiger charge is 2.21. The second-order valence-electron chi connectivity index (χ2n) is 4.09. The van der Waals surface area contributed by atoms with Gasteiger partial charge in [-0.15, -0.1) is 11.6 Å². The van der Waals surface area contributed by atoms with Crippen LogP contribution >= 0.6 is 11.6 Å². The van der Waals surface area contributed by atoms with Crippen LogP contribution < -0.4 is 5.32 Å². The second kappa shape index (κ2) is 7.49. The number of hydrogen-bond acceptors (Lipinski definition) is 2. The maximum Gasteiger partial charge on any atom is 0.0590 e. The molecule has 1 aliphatic carbocycles. The van der Waals surface area contributed by atoms with E-state index >= 15 is 0 Å². The molecule has 0 aliphatic heterocycles. The number of nitrogens with one attached hydrogen (secondary N) is 1. The van der Waals surface area contributed by atoms with Crippen molar-refractivity contribution in [2.45, 2.75) is 38.0 Å². The normalized spacial score (nSPS) is 27.0. The third-order valence-corrected chi connectivity index (χ3v) is 3.08. The zero-order valence-electron chi connectivity index (χ0n) is 9.10. The molecule has 1 N–H and O–H groups in total. The first kappa shape index (κ1) is 12.3. The van der Waals surface area contributed by atoms with Gasteiger partial charge in [0.15, 0.2) is 0 Å². The predicted molar refractivity (Wildman–Crippen MR) is 61.0 cm³/mol. The Morgan fingerprint density at radius 3 is 2.86 bits per heavy atom. The molecule has 1 aliphatic rings. The maximum absolute atomic E-state index is 6.04. The summed E-state index contributed by atoms with van der Waals surface area (Å²) in [6.07, 6.45) is 4.78. The van der Waals surface area contributed by atoms with Gasteiger partial charge in [-0.05, 0) is 38.1 Å². The number of hydrogen-bond donors (Lipinski definition) is 1. The maximum atomic E-state index is 6.04. The highest BCUT2D eigenvalue weighted by molar-refractivity contribution is 6.20. The van der Waals surface area contributed by atoms with Crippen molar-refractivity contribution in [2.24, 2.45) is 5.92 Å².